The predicted octanol–water partition coefficient (Wildman–Crippen LogP) is -2.42. The van der Waals surface area contributed by atoms with Gasteiger partial charge >= 0.3 is 103 Å². The molecule has 9 N–H and O–H groups in total. The molecule has 0 amide bonds. The van der Waals surface area contributed by atoms with E-state index in [4.69, 9.17) is 66.1 Å². The Hall–Kier alpha value is -1.93. The summed E-state index contributed by atoms with van der Waals surface area (Å²) in [6.07, 6.45) is 7.16. The Morgan fingerprint density at radius 2 is 0.742 bits per heavy atom. The van der Waals surface area contributed by atoms with Gasteiger partial charge in [-0.1, -0.05) is 24.3 Å². The smallest absolute Gasteiger partial charge is 1.00 e. The molecular weight excluding hydrogens is 886 g/mol. The van der Waals surface area contributed by atoms with Crippen LogP contribution in [0.1, 0.15) is 49.4 Å². The molecule has 0 radical (unpaired) electrons. The molecule has 0 spiro atoms. The topological polar surface area (TPSA) is 268 Å². The van der Waals surface area contributed by atoms with E-state index in [1.807, 2.05) is 36.4 Å². The molecule has 0 aliphatic carbocycles. The van der Waals surface area contributed by atoms with Crippen LogP contribution in [0.2, 0.25) is 0 Å². The van der Waals surface area contributed by atoms with Crippen molar-refractivity contribution >= 4 is 18.1 Å². The third kappa shape index (κ3) is 28.1. The van der Waals surface area contributed by atoms with E-state index < -0.39 is 0 Å². The second-order valence-corrected chi connectivity index (χ2v) is 12.9. The monoisotopic (exact) mass is 944 g/mol. The number of carbonyl (C=O) groups excluding carboxylic acids is 1. The van der Waals surface area contributed by atoms with Gasteiger partial charge in [-0.2, -0.15) is 0 Å². The van der Waals surface area contributed by atoms with E-state index in [1.54, 1.807) is 24.3 Å². The predicted molar refractivity (Wildman–Crippen MR) is 222 cm³/mol. The number of aromatic hydroxyl groups is 4. The van der Waals surface area contributed by atoms with E-state index in [0.29, 0.717) is 28.9 Å². The molecule has 0 heterocycles. The van der Waals surface area contributed by atoms with Crippen molar-refractivity contribution in [1.29, 1.82) is 0 Å². The van der Waals surface area contributed by atoms with E-state index in [2.05, 4.69) is 4.89 Å². The first-order valence-electron chi connectivity index (χ1n) is 19.2. The van der Waals surface area contributed by atoms with Crippen molar-refractivity contribution in [1.82, 2.24) is 0 Å². The van der Waals surface area contributed by atoms with Crippen LogP contribution in [0.3, 0.4) is 0 Å². The van der Waals surface area contributed by atoms with Gasteiger partial charge in [0.2, 0.25) is 0 Å². The molecule has 16 nitrogen and oxygen atoms in total. The van der Waals surface area contributed by atoms with Gasteiger partial charge < -0.3 is 76.5 Å². The molecule has 0 atom stereocenters. The summed E-state index contributed by atoms with van der Waals surface area (Å²) in [5.41, 5.74) is 4.17. The molecule has 0 aliphatic rings. The minimum atomic E-state index is -0.181. The van der Waals surface area contributed by atoms with Crippen LogP contribution in [0.15, 0.2) is 72.8 Å². The molecular formula is C43H59ClK2O16. The number of benzene rings is 4. The van der Waals surface area contributed by atoms with E-state index >= 15 is 0 Å². The molecule has 0 aromatic heterocycles. The second-order valence-electron chi connectivity index (χ2n) is 12.5. The maximum atomic E-state index is 9.39. The maximum absolute atomic E-state index is 9.39. The van der Waals surface area contributed by atoms with Gasteiger partial charge in [0.1, 0.15) is 26.4 Å². The van der Waals surface area contributed by atoms with Crippen molar-refractivity contribution in [2.75, 3.05) is 65.3 Å². The molecule has 4 rings (SSSR count). The normalized spacial score (nSPS) is 9.79. The summed E-state index contributed by atoms with van der Waals surface area (Å²) < 4.78 is 22.1. The minimum absolute atomic E-state index is 0. The van der Waals surface area contributed by atoms with Gasteiger partial charge in [0.25, 0.3) is 6.47 Å². The summed E-state index contributed by atoms with van der Waals surface area (Å²) in [5.74, 6) is 2.19. The largest absolute Gasteiger partial charge is 1.00 e. The quantitative estimate of drug-likeness (QED) is 0.00674. The van der Waals surface area contributed by atoms with Crippen LogP contribution in [0.25, 0.3) is 0 Å². The number of aryl methyl sites for hydroxylation is 4. The summed E-state index contributed by atoms with van der Waals surface area (Å²) in [5, 5.41) is 89.4. The Bertz CT molecular complexity index is 1620. The number of ether oxygens (including phenoxy) is 4. The number of phenolic OH excluding ortho intramolecular Hbond substituents is 4. The number of alkyl halides is 1. The Balaban J connectivity index is -0.000000993. The summed E-state index contributed by atoms with van der Waals surface area (Å²) in [6, 6.07) is 21.1. The van der Waals surface area contributed by atoms with E-state index in [1.165, 1.54) is 12.1 Å². The van der Waals surface area contributed by atoms with E-state index in [0.717, 1.165) is 73.6 Å². The zero-order chi connectivity index (χ0) is 44.4. The second kappa shape index (κ2) is 40.6. The number of halogens is 1. The number of carbonyl (C=O) groups is 1. The van der Waals surface area contributed by atoms with Gasteiger partial charge in [0, 0.05) is 5.88 Å². The first kappa shape index (κ1) is 62.2. The van der Waals surface area contributed by atoms with Crippen LogP contribution in [0, 0.1) is 0 Å². The van der Waals surface area contributed by atoms with Gasteiger partial charge in [-0.3, -0.25) is 4.79 Å². The number of rotatable bonds is 24. The van der Waals surface area contributed by atoms with Crippen LogP contribution in [-0.4, -0.2) is 118 Å². The number of aliphatic hydroxyl groups is 5. The van der Waals surface area contributed by atoms with Gasteiger partial charge in [-0.15, -0.1) is 11.6 Å². The zero-order valence-electron chi connectivity index (χ0n) is 36.5. The molecule has 336 valence electrons. The van der Waals surface area contributed by atoms with Crippen molar-refractivity contribution in [3.63, 3.8) is 0 Å². The molecule has 62 heavy (non-hydrogen) atoms. The minimum Gasteiger partial charge on any atom is -1.00 e. The fourth-order valence-electron chi connectivity index (χ4n) is 5.27. The fourth-order valence-corrected chi connectivity index (χ4v) is 5.27. The van der Waals surface area contributed by atoms with Gasteiger partial charge in [0.05, 0.1) is 33.0 Å². The molecule has 4 aromatic carbocycles. The van der Waals surface area contributed by atoms with Crippen molar-refractivity contribution in [2.45, 2.75) is 51.4 Å². The molecule has 4 aromatic rings. The number of hydrogen-bond acceptors (Lipinski definition) is 16. The van der Waals surface area contributed by atoms with Gasteiger partial charge in [-0.25, -0.2) is 0 Å². The van der Waals surface area contributed by atoms with E-state index in [9.17, 15) is 20.4 Å². The van der Waals surface area contributed by atoms with Crippen LogP contribution in [-0.2, 0) is 35.4 Å². The molecule has 0 fully saturated rings. The van der Waals surface area contributed by atoms with Crippen molar-refractivity contribution in [2.24, 2.45) is 0 Å². The third-order valence-corrected chi connectivity index (χ3v) is 8.15. The SMILES string of the molecule is O=CO[O-].OCCCl.OCCOc1ccc(CCCCc2ccc(OCCO)c(OCCO)c2)cc1OCCO.Oc1ccc(CCCCc2ccc(O)c(O)c2)cc1O.[H-].[K+].[K+]. The van der Waals surface area contributed by atoms with E-state index in [-0.39, 0.29) is 193 Å². The zero-order valence-corrected chi connectivity index (χ0v) is 42.5. The van der Waals surface area contributed by atoms with Crippen LogP contribution in [0.4, 0.5) is 0 Å². The fraction of sp³-hybridized carbons (Fsp3) is 0.419. The molecule has 0 saturated carbocycles. The molecule has 0 unspecified atom stereocenters. The average Bonchev–Trinajstić information content (AvgIpc) is 3.27. The number of aliphatic hydroxyl groups excluding tert-OH is 5. The van der Waals surface area contributed by atoms with Crippen LogP contribution >= 0.6 is 11.6 Å². The van der Waals surface area contributed by atoms with Gasteiger partial charge in [-0.05, 0) is 122 Å². The summed E-state index contributed by atoms with van der Waals surface area (Å²) in [7, 11) is 0. The molecule has 0 aliphatic heterocycles. The summed E-state index contributed by atoms with van der Waals surface area (Å²) >= 11 is 4.94. The standard InChI is InChI=1S/C24H34O8.C16H18O4.C2H5ClO.CH2O3.2K.H/c25-9-13-29-21-7-5-19(17-23(21)31-15-11-27)3-1-2-4-20-6-8-22(30-14-10-26)24(18-20)32-16-12-28;17-13-7-5-11(9-15(13)19)3-1-2-4-12-6-8-14(18)16(20)10-12;3-1-2-4;2-1-4-3;;;/h5-8,17-18,25-28H,1-4,9-16H2;5-10,17-20H,1-4H2;4H,1-2H2;1,3H;;;/q;;;;2*+1;-1/p-1. The first-order chi connectivity index (χ1) is 29.1. The Labute approximate surface area is 454 Å². The number of unbranched alkanes of at least 4 members (excludes halogenated alkanes) is 2. The third-order valence-electron chi connectivity index (χ3n) is 7.98. The maximum Gasteiger partial charge on any atom is 1.00 e. The van der Waals surface area contributed by atoms with Gasteiger partial charge in [0.15, 0.2) is 46.0 Å². The van der Waals surface area contributed by atoms with Crippen LogP contribution < -0.4 is 127 Å². The van der Waals surface area contributed by atoms with Crippen LogP contribution in [0.5, 0.6) is 46.0 Å². The van der Waals surface area contributed by atoms with Crippen molar-refractivity contribution in [3.05, 3.63) is 95.1 Å². The molecule has 0 bridgehead atoms. The Morgan fingerprint density at radius 1 is 0.468 bits per heavy atom. The molecule has 0 saturated heterocycles. The molecule has 19 heteroatoms. The van der Waals surface area contributed by atoms with Crippen molar-refractivity contribution < 1.29 is 184 Å². The first-order valence-corrected chi connectivity index (χ1v) is 19.8. The number of hydrogen-bond donors (Lipinski definition) is 9. The average molecular weight is 946 g/mol. The Morgan fingerprint density at radius 3 is 1.00 bits per heavy atom. The van der Waals surface area contributed by atoms with Crippen molar-refractivity contribution in [3.8, 4) is 46.0 Å². The number of phenols is 4. The Kier molecular flexibility index (Phi) is 40.7. The summed E-state index contributed by atoms with van der Waals surface area (Å²) in [6.45, 7) is 0.294. The summed E-state index contributed by atoms with van der Waals surface area (Å²) in [4.78, 5) is 11.2.